The first-order valence-corrected chi connectivity index (χ1v) is 12.2. The van der Waals surface area contributed by atoms with Gasteiger partial charge in [0, 0.05) is 51.8 Å². The SMILES string of the molecule is [2H]C([2H])([2H])N(C[C@@H]1CN(C(=O)Cc2cc(F)c(F)cc2F)CC[C@@]1(OC(=O)c1ccccc1)c1cccc(OC)c1)C([2H])([2H])[2H]. The lowest BCUT2D eigenvalue weighted by Gasteiger charge is -2.48. The first-order valence-electron chi connectivity index (χ1n) is 15.2. The molecule has 4 rings (SSSR count). The van der Waals surface area contributed by atoms with E-state index in [4.69, 9.17) is 17.7 Å². The Hall–Kier alpha value is -3.85. The van der Waals surface area contributed by atoms with Gasteiger partial charge >= 0.3 is 5.97 Å². The van der Waals surface area contributed by atoms with Crippen molar-refractivity contribution >= 4 is 11.9 Å². The normalized spacial score (nSPS) is 22.1. The van der Waals surface area contributed by atoms with Gasteiger partial charge in [-0.2, -0.15) is 0 Å². The molecule has 0 radical (unpaired) electrons. The summed E-state index contributed by atoms with van der Waals surface area (Å²) in [6.45, 7) is -7.34. The second kappa shape index (κ2) is 11.9. The van der Waals surface area contributed by atoms with Crippen molar-refractivity contribution in [3.8, 4) is 5.75 Å². The number of nitrogens with zero attached hydrogens (tertiary/aromatic N) is 2. The zero-order valence-electron chi connectivity index (χ0n) is 27.1. The molecule has 0 unspecified atom stereocenters. The molecule has 1 aliphatic heterocycles. The minimum absolute atomic E-state index is 0.0958. The third-order valence-electron chi connectivity index (χ3n) is 6.88. The maximum atomic E-state index is 14.4. The van der Waals surface area contributed by atoms with E-state index in [2.05, 4.69) is 0 Å². The summed E-state index contributed by atoms with van der Waals surface area (Å²) >= 11 is 0. The van der Waals surface area contributed by atoms with Gasteiger partial charge in [-0.05, 0) is 49.8 Å². The largest absolute Gasteiger partial charge is 0.497 e. The van der Waals surface area contributed by atoms with Crippen LogP contribution in [0.15, 0.2) is 66.7 Å². The highest BCUT2D eigenvalue weighted by molar-refractivity contribution is 5.89. The highest BCUT2D eigenvalue weighted by Gasteiger charge is 2.49. The Kier molecular flexibility index (Phi) is 6.42. The molecule has 39 heavy (non-hydrogen) atoms. The second-order valence-corrected chi connectivity index (χ2v) is 9.31. The number of halogens is 3. The van der Waals surface area contributed by atoms with Gasteiger partial charge in [-0.25, -0.2) is 18.0 Å². The number of methoxy groups -OCH3 is 1. The minimum atomic E-state index is -3.12. The van der Waals surface area contributed by atoms with Gasteiger partial charge in [0.2, 0.25) is 5.91 Å². The first kappa shape index (κ1) is 21.0. The molecular formula is C30H31F3N2O4. The fraction of sp³-hybridized carbons (Fsp3) is 0.333. The average molecular weight is 547 g/mol. The molecule has 1 fully saturated rings. The van der Waals surface area contributed by atoms with E-state index >= 15 is 0 Å². The molecule has 1 amide bonds. The molecule has 0 aromatic heterocycles. The van der Waals surface area contributed by atoms with Crippen molar-refractivity contribution in [1.82, 2.24) is 9.80 Å². The lowest BCUT2D eigenvalue weighted by molar-refractivity contribution is -0.142. The van der Waals surface area contributed by atoms with Crippen LogP contribution in [0, 0.1) is 23.4 Å². The lowest BCUT2D eigenvalue weighted by atomic mass is 9.75. The Morgan fingerprint density at radius 2 is 1.77 bits per heavy atom. The fourth-order valence-corrected chi connectivity index (χ4v) is 4.89. The number of hydrogen-bond donors (Lipinski definition) is 0. The van der Waals surface area contributed by atoms with Crippen LogP contribution in [0.3, 0.4) is 0 Å². The van der Waals surface area contributed by atoms with Gasteiger partial charge in [-0.1, -0.05) is 30.3 Å². The van der Waals surface area contributed by atoms with E-state index < -0.39 is 73.3 Å². The number of carbonyl (C=O) groups is 2. The van der Waals surface area contributed by atoms with Crippen LogP contribution >= 0.6 is 0 Å². The maximum absolute atomic E-state index is 14.4. The molecule has 2 atom stereocenters. The summed E-state index contributed by atoms with van der Waals surface area (Å²) in [5, 5.41) is 0. The smallest absolute Gasteiger partial charge is 0.339 e. The minimum Gasteiger partial charge on any atom is -0.497 e. The Bertz CT molecular complexity index is 1530. The molecule has 3 aromatic carbocycles. The summed E-state index contributed by atoms with van der Waals surface area (Å²) in [5.74, 6) is -6.17. The average Bonchev–Trinajstić information content (AvgIpc) is 2.98. The zero-order valence-corrected chi connectivity index (χ0v) is 21.1. The van der Waals surface area contributed by atoms with Crippen LogP contribution in [0.1, 0.15) is 36.1 Å². The van der Waals surface area contributed by atoms with Crippen molar-refractivity contribution in [2.24, 2.45) is 5.92 Å². The Labute approximate surface area is 234 Å². The summed E-state index contributed by atoms with van der Waals surface area (Å²) in [7, 11) is 1.42. The van der Waals surface area contributed by atoms with Crippen molar-refractivity contribution < 1.29 is 40.5 Å². The molecule has 0 aliphatic carbocycles. The Morgan fingerprint density at radius 1 is 1.03 bits per heavy atom. The predicted octanol–water partition coefficient (Wildman–Crippen LogP) is 4.82. The molecule has 6 nitrogen and oxygen atoms in total. The summed E-state index contributed by atoms with van der Waals surface area (Å²) < 4.78 is 101. The van der Waals surface area contributed by atoms with E-state index in [1.165, 1.54) is 24.1 Å². The van der Waals surface area contributed by atoms with Crippen molar-refractivity contribution in [3.63, 3.8) is 0 Å². The quantitative estimate of drug-likeness (QED) is 0.300. The van der Waals surface area contributed by atoms with Crippen molar-refractivity contribution in [2.45, 2.75) is 18.4 Å². The van der Waals surface area contributed by atoms with E-state index in [-0.39, 0.29) is 25.1 Å². The van der Waals surface area contributed by atoms with Gasteiger partial charge in [-0.3, -0.25) is 4.79 Å². The molecule has 1 saturated heterocycles. The molecule has 206 valence electrons. The van der Waals surface area contributed by atoms with E-state index in [0.717, 1.165) is 0 Å². The number of likely N-dealkylation sites (tertiary alicyclic amines) is 1. The molecule has 0 spiro atoms. The lowest BCUT2D eigenvalue weighted by Crippen LogP contribution is -2.56. The molecule has 0 N–H and O–H groups in total. The molecule has 0 saturated carbocycles. The van der Waals surface area contributed by atoms with Crippen LogP contribution in [0.25, 0.3) is 0 Å². The van der Waals surface area contributed by atoms with E-state index in [0.29, 0.717) is 28.3 Å². The molecule has 1 heterocycles. The van der Waals surface area contributed by atoms with Crippen LogP contribution in [-0.4, -0.2) is 62.4 Å². The van der Waals surface area contributed by atoms with Crippen LogP contribution in [0.4, 0.5) is 13.2 Å². The van der Waals surface area contributed by atoms with E-state index in [9.17, 15) is 22.8 Å². The van der Waals surface area contributed by atoms with Crippen LogP contribution in [0.5, 0.6) is 5.75 Å². The van der Waals surface area contributed by atoms with Gasteiger partial charge in [0.1, 0.15) is 17.2 Å². The molecule has 0 bridgehead atoms. The number of rotatable bonds is 8. The van der Waals surface area contributed by atoms with Crippen LogP contribution in [0.2, 0.25) is 0 Å². The molecule has 1 aliphatic rings. The number of benzene rings is 3. The Balaban J connectivity index is 1.80. The summed E-state index contributed by atoms with van der Waals surface area (Å²) in [4.78, 5) is 28.5. The fourth-order valence-electron chi connectivity index (χ4n) is 4.89. The highest BCUT2D eigenvalue weighted by atomic mass is 19.2. The summed E-state index contributed by atoms with van der Waals surface area (Å²) in [5.41, 5.74) is -1.53. The highest BCUT2D eigenvalue weighted by Crippen LogP contribution is 2.43. The molecule has 3 aromatic rings. The molecular weight excluding hydrogens is 509 g/mol. The van der Waals surface area contributed by atoms with Crippen molar-refractivity contribution in [3.05, 3.63) is 101 Å². The predicted molar refractivity (Wildman–Crippen MR) is 140 cm³/mol. The number of piperidine rings is 1. The first-order chi connectivity index (χ1) is 21.0. The summed E-state index contributed by atoms with van der Waals surface area (Å²) in [6.07, 6.45) is -0.779. The van der Waals surface area contributed by atoms with Crippen molar-refractivity contribution in [1.29, 1.82) is 0 Å². The standard InChI is InChI=1S/C30H31F3N2O4/c1-34(2)18-23-19-35(28(36)15-21-14-26(32)27(33)17-25(21)31)13-12-30(23,22-10-7-11-24(16-22)38-3)39-29(37)20-8-5-4-6-9-20/h4-11,14,16-17,23H,12-13,15,18-19H2,1-3H3/t23-,30-/m1/s1/i1D3,2D3. The van der Waals surface area contributed by atoms with Gasteiger partial charge in [0.05, 0.1) is 19.1 Å². The zero-order chi connectivity index (χ0) is 33.2. The number of esters is 1. The second-order valence-electron chi connectivity index (χ2n) is 9.31. The maximum Gasteiger partial charge on any atom is 0.339 e. The van der Waals surface area contributed by atoms with Gasteiger partial charge in [-0.15, -0.1) is 0 Å². The van der Waals surface area contributed by atoms with Crippen LogP contribution in [-0.2, 0) is 21.6 Å². The van der Waals surface area contributed by atoms with E-state index in [1.807, 2.05) is 0 Å². The van der Waals surface area contributed by atoms with Gasteiger partial charge in [0.15, 0.2) is 11.6 Å². The number of amides is 1. The van der Waals surface area contributed by atoms with Crippen LogP contribution < -0.4 is 4.74 Å². The van der Waals surface area contributed by atoms with Gasteiger partial charge in [0.25, 0.3) is 0 Å². The third kappa shape index (κ3) is 6.25. The van der Waals surface area contributed by atoms with Gasteiger partial charge < -0.3 is 19.3 Å². The van der Waals surface area contributed by atoms with E-state index in [1.54, 1.807) is 42.5 Å². The summed E-state index contributed by atoms with van der Waals surface area (Å²) in [6, 6.07) is 15.3. The van der Waals surface area contributed by atoms with Crippen molar-refractivity contribution in [2.75, 3.05) is 40.7 Å². The number of ether oxygens (including phenoxy) is 2. The Morgan fingerprint density at radius 3 is 2.49 bits per heavy atom. The monoisotopic (exact) mass is 546 g/mol. The molecule has 9 heteroatoms. The third-order valence-corrected chi connectivity index (χ3v) is 6.88. The number of carbonyl (C=O) groups excluding carboxylic acids is 2. The number of hydrogen-bond acceptors (Lipinski definition) is 5. The topological polar surface area (TPSA) is 59.1 Å².